The number of aliphatic hydroxyl groups excluding tert-OH is 1. The predicted molar refractivity (Wildman–Crippen MR) is 81.7 cm³/mol. The first-order valence-electron chi connectivity index (χ1n) is 7.86. The molecule has 1 atom stereocenters. The number of hydrogen-bond donors (Lipinski definition) is 2. The first kappa shape index (κ1) is 14.7. The van der Waals surface area contributed by atoms with Gasteiger partial charge in [0.2, 0.25) is 0 Å². The Balaban J connectivity index is 1.64. The van der Waals surface area contributed by atoms with Gasteiger partial charge in [-0.05, 0) is 55.7 Å². The highest BCUT2D eigenvalue weighted by Gasteiger charge is 2.41. The summed E-state index contributed by atoms with van der Waals surface area (Å²) in [5, 5.41) is 14.1. The molecule has 1 aromatic carbocycles. The third-order valence-electron chi connectivity index (χ3n) is 4.60. The molecule has 116 valence electrons. The van der Waals surface area contributed by atoms with E-state index >= 15 is 0 Å². The molecule has 0 bridgehead atoms. The number of aliphatic hydroxyl groups is 1. The lowest BCUT2D eigenvalue weighted by molar-refractivity contribution is 0.161. The molecule has 0 saturated heterocycles. The average molecular weight is 291 g/mol. The summed E-state index contributed by atoms with van der Waals surface area (Å²) in [7, 11) is 3.26. The van der Waals surface area contributed by atoms with Gasteiger partial charge >= 0.3 is 0 Å². The van der Waals surface area contributed by atoms with E-state index in [1.54, 1.807) is 14.2 Å². The fraction of sp³-hybridized carbons (Fsp3) is 0.647. The van der Waals surface area contributed by atoms with Crippen LogP contribution in [0.15, 0.2) is 18.2 Å². The smallest absolute Gasteiger partial charge is 0.124 e. The Bertz CT molecular complexity index is 471. The molecule has 2 N–H and O–H groups in total. The number of hydrogen-bond acceptors (Lipinski definition) is 4. The predicted octanol–water partition coefficient (Wildman–Crippen LogP) is 2.52. The van der Waals surface area contributed by atoms with Gasteiger partial charge in [-0.2, -0.15) is 0 Å². The Morgan fingerprint density at radius 1 is 1.14 bits per heavy atom. The van der Waals surface area contributed by atoms with Gasteiger partial charge in [-0.3, -0.25) is 0 Å². The van der Waals surface area contributed by atoms with Gasteiger partial charge in [-0.25, -0.2) is 0 Å². The second-order valence-corrected chi connectivity index (χ2v) is 6.23. The van der Waals surface area contributed by atoms with Gasteiger partial charge in [0.25, 0.3) is 0 Å². The van der Waals surface area contributed by atoms with Crippen LogP contribution in [0.3, 0.4) is 0 Å². The van der Waals surface area contributed by atoms with E-state index in [2.05, 4.69) is 5.32 Å². The van der Waals surface area contributed by atoms with Crippen molar-refractivity contribution in [3.63, 3.8) is 0 Å². The van der Waals surface area contributed by atoms with Crippen LogP contribution in [0, 0.1) is 11.8 Å². The molecular formula is C17H25NO3. The van der Waals surface area contributed by atoms with E-state index in [1.165, 1.54) is 25.7 Å². The fourth-order valence-corrected chi connectivity index (χ4v) is 3.09. The zero-order valence-electron chi connectivity index (χ0n) is 12.8. The fourth-order valence-electron chi connectivity index (χ4n) is 3.09. The molecule has 2 fully saturated rings. The standard InChI is InChI=1S/C17H25NO3/c1-20-13-7-8-16(21-2)14(9-13)15(19)10-18-17(11-3-4-11)12-5-6-12/h7-9,11-12,15,17-19H,3-6,10H2,1-2H3. The molecule has 0 heterocycles. The molecule has 4 heteroatoms. The summed E-state index contributed by atoms with van der Waals surface area (Å²) in [6.07, 6.45) is 4.79. The Kier molecular flexibility index (Phi) is 4.36. The molecule has 0 spiro atoms. The summed E-state index contributed by atoms with van der Waals surface area (Å²) in [6, 6.07) is 6.14. The molecule has 4 nitrogen and oxygen atoms in total. The van der Waals surface area contributed by atoms with Crippen LogP contribution in [0.25, 0.3) is 0 Å². The molecule has 2 saturated carbocycles. The largest absolute Gasteiger partial charge is 0.497 e. The number of methoxy groups -OCH3 is 2. The second-order valence-electron chi connectivity index (χ2n) is 6.23. The Labute approximate surface area is 126 Å². The quantitative estimate of drug-likeness (QED) is 0.773. The maximum atomic E-state index is 10.5. The van der Waals surface area contributed by atoms with Crippen LogP contribution in [-0.4, -0.2) is 31.9 Å². The second kappa shape index (κ2) is 6.24. The zero-order chi connectivity index (χ0) is 14.8. The minimum atomic E-state index is -0.574. The van der Waals surface area contributed by atoms with Crippen molar-refractivity contribution in [3.8, 4) is 11.5 Å². The molecule has 1 aromatic rings. The van der Waals surface area contributed by atoms with E-state index < -0.39 is 6.10 Å². The molecule has 0 aliphatic heterocycles. The van der Waals surface area contributed by atoms with Gasteiger partial charge < -0.3 is 19.9 Å². The van der Waals surface area contributed by atoms with Crippen molar-refractivity contribution < 1.29 is 14.6 Å². The maximum absolute atomic E-state index is 10.5. The summed E-state index contributed by atoms with van der Waals surface area (Å²) in [5.41, 5.74) is 0.787. The van der Waals surface area contributed by atoms with E-state index in [-0.39, 0.29) is 0 Å². The summed E-state index contributed by atoms with van der Waals surface area (Å²) in [5.74, 6) is 3.11. The van der Waals surface area contributed by atoms with E-state index in [9.17, 15) is 5.11 Å². The summed E-state index contributed by atoms with van der Waals surface area (Å²) < 4.78 is 10.6. The molecule has 2 aliphatic rings. The Morgan fingerprint density at radius 3 is 2.33 bits per heavy atom. The van der Waals surface area contributed by atoms with Crippen molar-refractivity contribution in [2.75, 3.05) is 20.8 Å². The highest BCUT2D eigenvalue weighted by Crippen LogP contribution is 2.44. The number of nitrogens with one attached hydrogen (secondary N) is 1. The van der Waals surface area contributed by atoms with Gasteiger partial charge in [0, 0.05) is 18.2 Å². The zero-order valence-corrected chi connectivity index (χ0v) is 12.8. The third-order valence-corrected chi connectivity index (χ3v) is 4.60. The van der Waals surface area contributed by atoms with E-state index in [1.807, 2.05) is 18.2 Å². The summed E-state index contributed by atoms with van der Waals surface area (Å²) >= 11 is 0. The van der Waals surface area contributed by atoms with Crippen molar-refractivity contribution in [2.24, 2.45) is 11.8 Å². The Hall–Kier alpha value is -1.26. The van der Waals surface area contributed by atoms with Gasteiger partial charge in [0.05, 0.1) is 20.3 Å². The van der Waals surface area contributed by atoms with Gasteiger partial charge in [0.15, 0.2) is 0 Å². The van der Waals surface area contributed by atoms with Crippen LogP contribution in [0.1, 0.15) is 37.4 Å². The van der Waals surface area contributed by atoms with Crippen molar-refractivity contribution in [3.05, 3.63) is 23.8 Å². The lowest BCUT2D eigenvalue weighted by Crippen LogP contribution is -2.36. The average Bonchev–Trinajstić information content (AvgIpc) is 3.38. The molecule has 0 aromatic heterocycles. The first-order chi connectivity index (χ1) is 10.2. The van der Waals surface area contributed by atoms with Crippen LogP contribution in [-0.2, 0) is 0 Å². The minimum Gasteiger partial charge on any atom is -0.497 e. The Morgan fingerprint density at radius 2 is 1.81 bits per heavy atom. The van der Waals surface area contributed by atoms with Crippen molar-refractivity contribution >= 4 is 0 Å². The summed E-state index contributed by atoms with van der Waals surface area (Å²) in [4.78, 5) is 0. The molecule has 3 rings (SSSR count). The SMILES string of the molecule is COc1ccc(OC)c(C(O)CNC(C2CC2)C2CC2)c1. The van der Waals surface area contributed by atoms with Crippen molar-refractivity contribution in [2.45, 2.75) is 37.8 Å². The van der Waals surface area contributed by atoms with E-state index in [0.29, 0.717) is 18.3 Å². The van der Waals surface area contributed by atoms with Crippen LogP contribution >= 0.6 is 0 Å². The molecule has 0 amide bonds. The molecule has 1 unspecified atom stereocenters. The highest BCUT2D eigenvalue weighted by molar-refractivity contribution is 5.41. The van der Waals surface area contributed by atoms with Gasteiger partial charge in [0.1, 0.15) is 11.5 Å². The van der Waals surface area contributed by atoms with Crippen LogP contribution in [0.2, 0.25) is 0 Å². The molecule has 21 heavy (non-hydrogen) atoms. The van der Waals surface area contributed by atoms with Crippen LogP contribution < -0.4 is 14.8 Å². The van der Waals surface area contributed by atoms with Crippen molar-refractivity contribution in [1.82, 2.24) is 5.32 Å². The first-order valence-corrected chi connectivity index (χ1v) is 7.86. The minimum absolute atomic E-state index is 0.571. The topological polar surface area (TPSA) is 50.7 Å². The van der Waals surface area contributed by atoms with Crippen LogP contribution in [0.4, 0.5) is 0 Å². The van der Waals surface area contributed by atoms with E-state index in [0.717, 1.165) is 23.1 Å². The number of benzene rings is 1. The monoisotopic (exact) mass is 291 g/mol. The lowest BCUT2D eigenvalue weighted by Gasteiger charge is -2.21. The maximum Gasteiger partial charge on any atom is 0.124 e. The third kappa shape index (κ3) is 3.50. The van der Waals surface area contributed by atoms with E-state index in [4.69, 9.17) is 9.47 Å². The lowest BCUT2D eigenvalue weighted by atomic mass is 10.0. The number of ether oxygens (including phenoxy) is 2. The molecule has 2 aliphatic carbocycles. The molecular weight excluding hydrogens is 266 g/mol. The van der Waals surface area contributed by atoms with Gasteiger partial charge in [-0.15, -0.1) is 0 Å². The highest BCUT2D eigenvalue weighted by atomic mass is 16.5. The summed E-state index contributed by atoms with van der Waals surface area (Å²) in [6.45, 7) is 0.571. The van der Waals surface area contributed by atoms with Crippen LogP contribution in [0.5, 0.6) is 11.5 Å². The van der Waals surface area contributed by atoms with Crippen molar-refractivity contribution in [1.29, 1.82) is 0 Å². The number of rotatable bonds is 8. The normalized spacial score (nSPS) is 19.6. The van der Waals surface area contributed by atoms with Gasteiger partial charge in [-0.1, -0.05) is 0 Å². The molecule has 0 radical (unpaired) electrons.